The van der Waals surface area contributed by atoms with E-state index in [1.807, 2.05) is 25.1 Å². The molecule has 0 aliphatic heterocycles. The van der Waals surface area contributed by atoms with Gasteiger partial charge in [0.05, 0.1) is 12.0 Å². The monoisotopic (exact) mass is 416 g/mol. The molecule has 1 unspecified atom stereocenters. The lowest BCUT2D eigenvalue weighted by molar-refractivity contribution is -0.149. The number of benzene rings is 1. The number of tetrazole rings is 1. The molecule has 0 aliphatic carbocycles. The highest BCUT2D eigenvalue weighted by atomic mass is 79.9. The minimum absolute atomic E-state index is 0.214. The smallest absolute Gasteiger partial charge is 0.311 e. The number of carboxylic acids is 1. The van der Waals surface area contributed by atoms with Crippen LogP contribution in [0.5, 0.6) is 0 Å². The predicted octanol–water partition coefficient (Wildman–Crippen LogP) is 3.37. The highest BCUT2D eigenvalue weighted by Crippen LogP contribution is 2.29. The molecule has 112 valence electrons. The van der Waals surface area contributed by atoms with Crippen LogP contribution in [0.3, 0.4) is 0 Å². The lowest BCUT2D eigenvalue weighted by Crippen LogP contribution is -2.32. The van der Waals surface area contributed by atoms with Crippen LogP contribution < -0.4 is 0 Å². The molecule has 1 N–H and O–H groups in total. The van der Waals surface area contributed by atoms with Crippen molar-refractivity contribution in [2.75, 3.05) is 0 Å². The van der Waals surface area contributed by atoms with Gasteiger partial charge < -0.3 is 5.11 Å². The van der Waals surface area contributed by atoms with Gasteiger partial charge in [0.25, 0.3) is 0 Å². The number of rotatable bonds is 5. The first-order valence-corrected chi connectivity index (χ1v) is 7.90. The number of aromatic nitrogens is 4. The molecule has 2 aromatic rings. The molecule has 0 amide bonds. The van der Waals surface area contributed by atoms with Crippen molar-refractivity contribution in [1.82, 2.24) is 20.2 Å². The number of aliphatic carboxylic acids is 1. The zero-order chi connectivity index (χ0) is 15.6. The second-order valence-electron chi connectivity index (χ2n) is 5.04. The van der Waals surface area contributed by atoms with Crippen LogP contribution in [-0.2, 0) is 11.3 Å². The van der Waals surface area contributed by atoms with Gasteiger partial charge in [-0.1, -0.05) is 38.8 Å². The van der Waals surface area contributed by atoms with E-state index in [4.69, 9.17) is 0 Å². The Morgan fingerprint density at radius 2 is 1.95 bits per heavy atom. The average molecular weight is 418 g/mol. The summed E-state index contributed by atoms with van der Waals surface area (Å²) in [6, 6.07) is 5.68. The third-order valence-corrected chi connectivity index (χ3v) is 4.36. The Morgan fingerprint density at radius 1 is 1.33 bits per heavy atom. The summed E-state index contributed by atoms with van der Waals surface area (Å²) in [5, 5.41) is 21.0. The third kappa shape index (κ3) is 3.49. The zero-order valence-electron chi connectivity index (χ0n) is 11.5. The molecule has 21 heavy (non-hydrogen) atoms. The van der Waals surface area contributed by atoms with Gasteiger partial charge in [0.1, 0.15) is 0 Å². The fourth-order valence-electron chi connectivity index (χ4n) is 1.86. The van der Waals surface area contributed by atoms with Gasteiger partial charge in [-0.2, -0.15) is 0 Å². The number of carboxylic acid groups (broad SMARTS) is 1. The molecule has 6 nitrogen and oxygen atoms in total. The Morgan fingerprint density at radius 3 is 2.48 bits per heavy atom. The van der Waals surface area contributed by atoms with Crippen molar-refractivity contribution < 1.29 is 9.90 Å². The molecule has 0 aliphatic rings. The molecule has 0 saturated heterocycles. The van der Waals surface area contributed by atoms with Crippen LogP contribution >= 0.6 is 31.9 Å². The average Bonchev–Trinajstić information content (AvgIpc) is 2.85. The summed E-state index contributed by atoms with van der Waals surface area (Å²) in [6.07, 6.45) is 0.490. The zero-order valence-corrected chi connectivity index (χ0v) is 14.7. The SMILES string of the molecule is CCC(C)(Cn1nnnc1-c1cc(Br)cc(Br)c1)C(=O)O. The first kappa shape index (κ1) is 16.1. The quantitative estimate of drug-likeness (QED) is 0.806. The first-order valence-electron chi connectivity index (χ1n) is 6.32. The van der Waals surface area contributed by atoms with Gasteiger partial charge in [-0.05, 0) is 42.0 Å². The Hall–Kier alpha value is -1.28. The fraction of sp³-hybridized carbons (Fsp3) is 0.385. The summed E-state index contributed by atoms with van der Waals surface area (Å²) in [5.41, 5.74) is -0.0991. The number of hydrogen-bond acceptors (Lipinski definition) is 4. The molecular formula is C13H14Br2N4O2. The van der Waals surface area contributed by atoms with Gasteiger partial charge in [0, 0.05) is 14.5 Å². The summed E-state index contributed by atoms with van der Waals surface area (Å²) in [6.45, 7) is 3.75. The Bertz CT molecular complexity index is 654. The summed E-state index contributed by atoms with van der Waals surface area (Å²) in [7, 11) is 0. The summed E-state index contributed by atoms with van der Waals surface area (Å²) >= 11 is 6.84. The topological polar surface area (TPSA) is 80.9 Å². The molecule has 0 radical (unpaired) electrons. The molecule has 1 aromatic heterocycles. The van der Waals surface area contributed by atoms with Crippen molar-refractivity contribution in [3.05, 3.63) is 27.1 Å². The van der Waals surface area contributed by atoms with Crippen molar-refractivity contribution >= 4 is 37.8 Å². The van der Waals surface area contributed by atoms with Crippen molar-refractivity contribution in [2.45, 2.75) is 26.8 Å². The van der Waals surface area contributed by atoms with Crippen molar-refractivity contribution in [3.63, 3.8) is 0 Å². The molecule has 1 atom stereocenters. The number of halogens is 2. The maximum absolute atomic E-state index is 11.4. The molecule has 0 saturated carbocycles. The summed E-state index contributed by atoms with van der Waals surface area (Å²) in [5.74, 6) is -0.320. The van der Waals surface area contributed by atoms with E-state index in [0.717, 1.165) is 14.5 Å². The maximum atomic E-state index is 11.4. The molecule has 1 heterocycles. The molecule has 2 rings (SSSR count). The highest BCUT2D eigenvalue weighted by molar-refractivity contribution is 9.11. The predicted molar refractivity (Wildman–Crippen MR) is 84.7 cm³/mol. The normalized spacial score (nSPS) is 13.9. The van der Waals surface area contributed by atoms with Crippen LogP contribution in [0, 0.1) is 5.41 Å². The van der Waals surface area contributed by atoms with E-state index < -0.39 is 11.4 Å². The van der Waals surface area contributed by atoms with Gasteiger partial charge in [0.2, 0.25) is 0 Å². The van der Waals surface area contributed by atoms with Gasteiger partial charge in [-0.15, -0.1) is 5.10 Å². The fourth-order valence-corrected chi connectivity index (χ4v) is 3.16. The standard InChI is InChI=1S/C13H14Br2N4O2/c1-3-13(2,12(20)21)7-19-11(16-17-18-19)8-4-9(14)6-10(15)5-8/h4-6H,3,7H2,1-2H3,(H,20,21). The minimum atomic E-state index is -0.909. The lowest BCUT2D eigenvalue weighted by Gasteiger charge is -2.22. The molecule has 0 spiro atoms. The molecule has 0 fully saturated rings. The summed E-state index contributed by atoms with van der Waals surface area (Å²) in [4.78, 5) is 11.4. The number of carbonyl (C=O) groups is 1. The highest BCUT2D eigenvalue weighted by Gasteiger charge is 2.33. The minimum Gasteiger partial charge on any atom is -0.481 e. The Labute approximate surface area is 138 Å². The van der Waals surface area contributed by atoms with Crippen LogP contribution in [-0.4, -0.2) is 31.3 Å². The largest absolute Gasteiger partial charge is 0.481 e. The Kier molecular flexibility index (Phi) is 4.77. The van der Waals surface area contributed by atoms with Crippen molar-refractivity contribution in [2.24, 2.45) is 5.41 Å². The van der Waals surface area contributed by atoms with Crippen molar-refractivity contribution in [1.29, 1.82) is 0 Å². The van der Waals surface area contributed by atoms with E-state index >= 15 is 0 Å². The van der Waals surface area contributed by atoms with E-state index in [9.17, 15) is 9.90 Å². The second kappa shape index (κ2) is 6.23. The second-order valence-corrected chi connectivity index (χ2v) is 6.87. The van der Waals surface area contributed by atoms with Crippen LogP contribution in [0.25, 0.3) is 11.4 Å². The third-order valence-electron chi connectivity index (χ3n) is 3.45. The van der Waals surface area contributed by atoms with Gasteiger partial charge >= 0.3 is 5.97 Å². The van der Waals surface area contributed by atoms with Gasteiger partial charge in [-0.25, -0.2) is 4.68 Å². The van der Waals surface area contributed by atoms with Gasteiger partial charge in [-0.3, -0.25) is 4.79 Å². The molecule has 8 heteroatoms. The Balaban J connectivity index is 2.41. The number of nitrogens with zero attached hydrogens (tertiary/aromatic N) is 4. The van der Waals surface area contributed by atoms with Crippen LogP contribution in [0.4, 0.5) is 0 Å². The van der Waals surface area contributed by atoms with E-state index in [1.54, 1.807) is 6.92 Å². The van der Waals surface area contributed by atoms with E-state index in [0.29, 0.717) is 12.2 Å². The summed E-state index contributed by atoms with van der Waals surface area (Å²) < 4.78 is 3.31. The van der Waals surface area contributed by atoms with Crippen LogP contribution in [0.1, 0.15) is 20.3 Å². The maximum Gasteiger partial charge on any atom is 0.311 e. The van der Waals surface area contributed by atoms with Crippen LogP contribution in [0.2, 0.25) is 0 Å². The van der Waals surface area contributed by atoms with Gasteiger partial charge in [0.15, 0.2) is 5.82 Å². The van der Waals surface area contributed by atoms with Crippen molar-refractivity contribution in [3.8, 4) is 11.4 Å². The lowest BCUT2D eigenvalue weighted by atomic mass is 9.88. The van der Waals surface area contributed by atoms with E-state index in [-0.39, 0.29) is 6.54 Å². The molecular weight excluding hydrogens is 404 g/mol. The molecule has 1 aromatic carbocycles. The molecule has 0 bridgehead atoms. The van der Waals surface area contributed by atoms with E-state index in [1.165, 1.54) is 4.68 Å². The van der Waals surface area contributed by atoms with E-state index in [2.05, 4.69) is 47.4 Å². The first-order chi connectivity index (χ1) is 9.85. The van der Waals surface area contributed by atoms with Crippen LogP contribution in [0.15, 0.2) is 27.1 Å². The number of hydrogen-bond donors (Lipinski definition) is 1.